The van der Waals surface area contributed by atoms with Gasteiger partial charge in [-0.25, -0.2) is 4.79 Å². The first-order chi connectivity index (χ1) is 13.0. The van der Waals surface area contributed by atoms with Crippen molar-refractivity contribution in [2.45, 2.75) is 32.4 Å². The standard InChI is InChI=1S/C18H18Cl2N2O4S/c1-2-25-13-8-4-3-6-11(13)17(23)22-9-5-7-12(22)18(24)26-10-14-15(19)16(20)21-27-14/h3-4,6,8,12H,2,5,7,9-10H2,1H3. The van der Waals surface area contributed by atoms with Crippen LogP contribution < -0.4 is 4.74 Å². The Hall–Kier alpha value is -1.83. The lowest BCUT2D eigenvalue weighted by Gasteiger charge is -2.24. The first-order valence-corrected chi connectivity index (χ1v) is 10.0. The van der Waals surface area contributed by atoms with Gasteiger partial charge < -0.3 is 14.4 Å². The number of hydrogen-bond donors (Lipinski definition) is 0. The summed E-state index contributed by atoms with van der Waals surface area (Å²) in [7, 11) is 0. The van der Waals surface area contributed by atoms with Gasteiger partial charge in [-0.05, 0) is 43.4 Å². The smallest absolute Gasteiger partial charge is 0.329 e. The molecule has 3 rings (SSSR count). The SMILES string of the molecule is CCOc1ccccc1C(=O)N1CCCC1C(=O)OCc1snc(Cl)c1Cl. The molecule has 1 amide bonds. The second kappa shape index (κ2) is 8.91. The predicted octanol–water partition coefficient (Wildman–Crippen LogP) is 4.20. The Morgan fingerprint density at radius 1 is 1.33 bits per heavy atom. The van der Waals surface area contributed by atoms with E-state index in [1.807, 2.05) is 6.92 Å². The predicted molar refractivity (Wildman–Crippen MR) is 104 cm³/mol. The lowest BCUT2D eigenvalue weighted by Crippen LogP contribution is -2.41. The van der Waals surface area contributed by atoms with Crippen LogP contribution in [-0.2, 0) is 16.1 Å². The summed E-state index contributed by atoms with van der Waals surface area (Å²) < 4.78 is 14.8. The number of carbonyl (C=O) groups excluding carboxylic acids is 2. The average molecular weight is 429 g/mol. The molecule has 2 aromatic rings. The minimum absolute atomic E-state index is 0.0177. The van der Waals surface area contributed by atoms with E-state index >= 15 is 0 Å². The van der Waals surface area contributed by atoms with Crippen molar-refractivity contribution >= 4 is 46.6 Å². The molecule has 1 unspecified atom stereocenters. The Morgan fingerprint density at radius 2 is 2.11 bits per heavy atom. The molecule has 1 aromatic heterocycles. The molecule has 144 valence electrons. The van der Waals surface area contributed by atoms with Crippen LogP contribution in [0.5, 0.6) is 5.75 Å². The first-order valence-electron chi connectivity index (χ1n) is 8.52. The van der Waals surface area contributed by atoms with Gasteiger partial charge in [0.2, 0.25) is 0 Å². The maximum Gasteiger partial charge on any atom is 0.329 e. The molecule has 2 heterocycles. The Balaban J connectivity index is 1.70. The Bertz CT molecular complexity index is 843. The number of nitrogens with zero attached hydrogens (tertiary/aromatic N) is 2. The molecule has 0 radical (unpaired) electrons. The van der Waals surface area contributed by atoms with E-state index in [0.29, 0.717) is 40.8 Å². The van der Waals surface area contributed by atoms with Crippen LogP contribution in [0.25, 0.3) is 0 Å². The lowest BCUT2D eigenvalue weighted by atomic mass is 10.1. The van der Waals surface area contributed by atoms with E-state index in [1.165, 1.54) is 0 Å². The Morgan fingerprint density at radius 3 is 2.81 bits per heavy atom. The molecule has 1 atom stereocenters. The van der Waals surface area contributed by atoms with Gasteiger partial charge in [-0.1, -0.05) is 35.3 Å². The molecule has 1 aromatic carbocycles. The number of ether oxygens (including phenoxy) is 2. The minimum atomic E-state index is -0.630. The number of benzene rings is 1. The summed E-state index contributed by atoms with van der Waals surface area (Å²) in [5.74, 6) is -0.192. The van der Waals surface area contributed by atoms with Crippen molar-refractivity contribution in [3.05, 3.63) is 44.9 Å². The number of para-hydroxylation sites is 1. The molecule has 1 aliphatic heterocycles. The second-order valence-electron chi connectivity index (χ2n) is 5.90. The number of amides is 1. The average Bonchev–Trinajstić information content (AvgIpc) is 3.28. The number of esters is 1. The molecule has 0 saturated carbocycles. The molecule has 6 nitrogen and oxygen atoms in total. The maximum atomic E-state index is 13.0. The number of carbonyl (C=O) groups is 2. The lowest BCUT2D eigenvalue weighted by molar-refractivity contribution is -0.149. The van der Waals surface area contributed by atoms with Crippen LogP contribution in [0, 0.1) is 0 Å². The van der Waals surface area contributed by atoms with E-state index < -0.39 is 12.0 Å². The van der Waals surface area contributed by atoms with E-state index in [4.69, 9.17) is 32.7 Å². The quantitative estimate of drug-likeness (QED) is 0.644. The number of hydrogen-bond acceptors (Lipinski definition) is 6. The summed E-state index contributed by atoms with van der Waals surface area (Å²) in [5.41, 5.74) is 0.441. The summed E-state index contributed by atoms with van der Waals surface area (Å²) >= 11 is 12.9. The van der Waals surface area contributed by atoms with Gasteiger partial charge >= 0.3 is 5.97 Å². The van der Waals surface area contributed by atoms with Crippen LogP contribution in [0.2, 0.25) is 10.2 Å². The fraction of sp³-hybridized carbons (Fsp3) is 0.389. The van der Waals surface area contributed by atoms with E-state index in [2.05, 4.69) is 4.37 Å². The molecule has 1 saturated heterocycles. The third-order valence-corrected chi connectivity index (χ3v) is 6.02. The van der Waals surface area contributed by atoms with Gasteiger partial charge in [-0.15, -0.1) is 0 Å². The second-order valence-corrected chi connectivity index (χ2v) is 7.50. The fourth-order valence-electron chi connectivity index (χ4n) is 2.95. The van der Waals surface area contributed by atoms with Crippen LogP contribution in [0.3, 0.4) is 0 Å². The molecule has 9 heteroatoms. The monoisotopic (exact) mass is 428 g/mol. The summed E-state index contributed by atoms with van der Waals surface area (Å²) in [6, 6.07) is 6.40. The fourth-order valence-corrected chi connectivity index (χ4v) is 4.04. The number of rotatable bonds is 6. The molecular formula is C18H18Cl2N2O4S. The number of halogens is 2. The van der Waals surface area contributed by atoms with Gasteiger partial charge in [-0.2, -0.15) is 4.37 Å². The third kappa shape index (κ3) is 4.36. The van der Waals surface area contributed by atoms with Gasteiger partial charge in [-0.3, -0.25) is 4.79 Å². The van der Waals surface area contributed by atoms with Gasteiger partial charge in [0.1, 0.15) is 18.4 Å². The first kappa shape index (κ1) is 19.9. The zero-order valence-electron chi connectivity index (χ0n) is 14.6. The molecular weight excluding hydrogens is 411 g/mol. The van der Waals surface area contributed by atoms with Crippen LogP contribution in [0.1, 0.15) is 35.0 Å². The molecule has 1 aliphatic rings. The normalized spacial score (nSPS) is 16.4. The molecule has 0 spiro atoms. The molecule has 0 N–H and O–H groups in total. The maximum absolute atomic E-state index is 13.0. The highest BCUT2D eigenvalue weighted by molar-refractivity contribution is 7.06. The Labute approximate surface area is 171 Å². The molecule has 1 fully saturated rings. The zero-order valence-corrected chi connectivity index (χ0v) is 16.9. The van der Waals surface area contributed by atoms with E-state index in [1.54, 1.807) is 29.2 Å². The number of likely N-dealkylation sites (tertiary alicyclic amines) is 1. The van der Waals surface area contributed by atoms with Crippen molar-refractivity contribution in [2.75, 3.05) is 13.2 Å². The molecule has 0 aliphatic carbocycles. The highest BCUT2D eigenvalue weighted by atomic mass is 35.5. The van der Waals surface area contributed by atoms with Crippen LogP contribution in [0.4, 0.5) is 0 Å². The van der Waals surface area contributed by atoms with Crippen molar-refractivity contribution in [2.24, 2.45) is 0 Å². The van der Waals surface area contributed by atoms with Crippen molar-refractivity contribution in [1.82, 2.24) is 9.27 Å². The van der Waals surface area contributed by atoms with Crippen LogP contribution >= 0.6 is 34.7 Å². The largest absolute Gasteiger partial charge is 0.493 e. The zero-order chi connectivity index (χ0) is 19.4. The van der Waals surface area contributed by atoms with Crippen molar-refractivity contribution < 1.29 is 19.1 Å². The van der Waals surface area contributed by atoms with E-state index in [0.717, 1.165) is 18.0 Å². The summed E-state index contributed by atoms with van der Waals surface area (Å²) in [6.07, 6.45) is 1.29. The third-order valence-electron chi connectivity index (χ3n) is 4.21. The van der Waals surface area contributed by atoms with Gasteiger partial charge in [0.05, 0.1) is 22.1 Å². The molecule has 0 bridgehead atoms. The van der Waals surface area contributed by atoms with Crippen LogP contribution in [0.15, 0.2) is 24.3 Å². The van der Waals surface area contributed by atoms with Crippen molar-refractivity contribution in [3.63, 3.8) is 0 Å². The van der Waals surface area contributed by atoms with E-state index in [9.17, 15) is 9.59 Å². The highest BCUT2D eigenvalue weighted by Crippen LogP contribution is 2.30. The minimum Gasteiger partial charge on any atom is -0.493 e. The highest BCUT2D eigenvalue weighted by Gasteiger charge is 2.36. The van der Waals surface area contributed by atoms with Gasteiger partial charge in [0, 0.05) is 6.54 Å². The van der Waals surface area contributed by atoms with E-state index in [-0.39, 0.29) is 17.7 Å². The summed E-state index contributed by atoms with van der Waals surface area (Å²) in [4.78, 5) is 27.7. The van der Waals surface area contributed by atoms with Crippen molar-refractivity contribution in [3.8, 4) is 5.75 Å². The van der Waals surface area contributed by atoms with Gasteiger partial charge in [0.15, 0.2) is 5.15 Å². The van der Waals surface area contributed by atoms with Gasteiger partial charge in [0.25, 0.3) is 5.91 Å². The van der Waals surface area contributed by atoms with Crippen molar-refractivity contribution in [1.29, 1.82) is 0 Å². The number of aromatic nitrogens is 1. The van der Waals surface area contributed by atoms with Crippen LogP contribution in [-0.4, -0.2) is 40.3 Å². The summed E-state index contributed by atoms with van der Waals surface area (Å²) in [5, 5.41) is 0.484. The molecule has 27 heavy (non-hydrogen) atoms. The topological polar surface area (TPSA) is 68.7 Å². The Kier molecular flexibility index (Phi) is 6.57. The summed E-state index contributed by atoms with van der Waals surface area (Å²) in [6.45, 7) is 2.78.